The van der Waals surface area contributed by atoms with Gasteiger partial charge in [-0.15, -0.1) is 0 Å². The summed E-state index contributed by atoms with van der Waals surface area (Å²) in [7, 11) is 3.25. The molecule has 0 bridgehead atoms. The molecule has 11 rings (SSSR count). The molecule has 11 aromatic rings. The topological polar surface area (TPSA) is 152 Å². The first-order valence-electron chi connectivity index (χ1n) is 35.7. The maximum atomic E-state index is 12.3. The van der Waals surface area contributed by atoms with Crippen molar-refractivity contribution in [3.05, 3.63) is 369 Å². The van der Waals surface area contributed by atoms with Crippen LogP contribution in [0.4, 0.5) is 0 Å². The highest BCUT2D eigenvalue weighted by Gasteiger charge is 2.37. The zero-order valence-corrected chi connectivity index (χ0v) is 62.0. The minimum atomic E-state index is -1.30. The van der Waals surface area contributed by atoms with Crippen LogP contribution < -0.4 is 18.9 Å². The van der Waals surface area contributed by atoms with Gasteiger partial charge < -0.3 is 39.4 Å². The Morgan fingerprint density at radius 1 is 0.320 bits per heavy atom. The van der Waals surface area contributed by atoms with Crippen molar-refractivity contribution in [3.8, 4) is 23.0 Å². The standard InChI is InChI=1S/C25H26O3.C25H28O2.C23H24O.C20H24O4/c1-4-24(2,3)23(26)28-22-17-15-21(16-18-22)25(27,19-11-7-5-8-12-19)20-13-9-6-10-14-20;1-5-19(3)20-8-12-22(13-9-20)25(26,21-10-6-18(2)7-11-21)23-14-16-24(27-4)17-15-23;1-3-18(2)19-14-16-22(17-15-19)23(24,20-10-6-4-7-11-20)21-12-8-5-9-13-21;1-5-20(2,3)19(22)24-17-12-8-15(9-13-17)18(21)14-6-10-16(23-4)11-7-14/h5-18,27H,4H2,1-3H3;6-17,19,26H,5H2,1-4H3;4-18,24H,3H2,1-2H3;6-13,18,21H,5H2,1-4H3. The molecule has 10 heteroatoms. The summed E-state index contributed by atoms with van der Waals surface area (Å²) in [6, 6.07) is 92.6. The molecule has 0 radical (unpaired) electrons. The Bertz CT molecular complexity index is 4270. The Morgan fingerprint density at radius 2 is 0.534 bits per heavy atom. The third-order valence-electron chi connectivity index (χ3n) is 20.0. The van der Waals surface area contributed by atoms with E-state index in [0.717, 1.165) is 80.0 Å². The first-order chi connectivity index (χ1) is 49.4. The van der Waals surface area contributed by atoms with Gasteiger partial charge in [0.2, 0.25) is 0 Å². The van der Waals surface area contributed by atoms with E-state index in [1.165, 1.54) is 16.7 Å². The molecule has 11 aromatic carbocycles. The zero-order valence-electron chi connectivity index (χ0n) is 62.0. The van der Waals surface area contributed by atoms with Gasteiger partial charge in [-0.2, -0.15) is 0 Å². The monoisotopic (exact) mass is 1380 g/mol. The summed E-state index contributed by atoms with van der Waals surface area (Å²) in [6.45, 7) is 22.3. The van der Waals surface area contributed by atoms with Gasteiger partial charge >= 0.3 is 11.9 Å². The molecular weight excluding hydrogens is 1280 g/mol. The Kier molecular flexibility index (Phi) is 27.5. The molecule has 0 spiro atoms. The Labute approximate surface area is 611 Å². The summed E-state index contributed by atoms with van der Waals surface area (Å²) in [6.07, 6.45) is 2.88. The molecule has 0 heterocycles. The summed E-state index contributed by atoms with van der Waals surface area (Å²) in [4.78, 5) is 24.4. The molecule has 4 atom stereocenters. The molecule has 0 aliphatic rings. The van der Waals surface area contributed by atoms with Crippen LogP contribution in [0.2, 0.25) is 0 Å². The van der Waals surface area contributed by atoms with Crippen molar-refractivity contribution >= 4 is 11.9 Å². The summed E-state index contributed by atoms with van der Waals surface area (Å²) in [5.41, 5.74) is 8.04. The molecule has 0 fully saturated rings. The van der Waals surface area contributed by atoms with Crippen molar-refractivity contribution in [1.29, 1.82) is 0 Å². The van der Waals surface area contributed by atoms with Gasteiger partial charge in [-0.3, -0.25) is 9.59 Å². The molecule has 103 heavy (non-hydrogen) atoms. The summed E-state index contributed by atoms with van der Waals surface area (Å²) in [5.74, 6) is 2.99. The van der Waals surface area contributed by atoms with E-state index in [1.807, 2.05) is 260 Å². The summed E-state index contributed by atoms with van der Waals surface area (Å²) >= 11 is 0. The van der Waals surface area contributed by atoms with Crippen LogP contribution in [0.25, 0.3) is 0 Å². The Morgan fingerprint density at radius 3 is 0.786 bits per heavy atom. The van der Waals surface area contributed by atoms with Crippen LogP contribution in [0.5, 0.6) is 23.0 Å². The van der Waals surface area contributed by atoms with Gasteiger partial charge in [-0.05, 0) is 193 Å². The van der Waals surface area contributed by atoms with Gasteiger partial charge in [0.05, 0.1) is 25.0 Å². The lowest BCUT2D eigenvalue weighted by molar-refractivity contribution is -0.144. The number of carbonyl (C=O) groups is 2. The predicted molar refractivity (Wildman–Crippen MR) is 416 cm³/mol. The van der Waals surface area contributed by atoms with Gasteiger partial charge in [0.25, 0.3) is 0 Å². The lowest BCUT2D eigenvalue weighted by Gasteiger charge is -2.31. The number of rotatable bonds is 23. The predicted octanol–water partition coefficient (Wildman–Crippen LogP) is 20.7. The molecule has 10 nitrogen and oxygen atoms in total. The van der Waals surface area contributed by atoms with E-state index in [4.69, 9.17) is 18.9 Å². The highest BCUT2D eigenvalue weighted by molar-refractivity contribution is 5.79. The molecule has 0 aromatic heterocycles. The quantitative estimate of drug-likeness (QED) is 0.0277. The lowest BCUT2D eigenvalue weighted by Crippen LogP contribution is -2.29. The van der Waals surface area contributed by atoms with Crippen molar-refractivity contribution in [3.63, 3.8) is 0 Å². The third-order valence-corrected chi connectivity index (χ3v) is 20.0. The number of aryl methyl sites for hydroxylation is 1. The average Bonchev–Trinajstić information content (AvgIpc) is 0.778. The van der Waals surface area contributed by atoms with E-state index >= 15 is 0 Å². The van der Waals surface area contributed by atoms with Crippen LogP contribution >= 0.6 is 0 Å². The fraction of sp³-hybridized carbons (Fsp3) is 0.269. The number of hydrogen-bond acceptors (Lipinski definition) is 10. The second-order valence-electron chi connectivity index (χ2n) is 27.6. The van der Waals surface area contributed by atoms with Crippen LogP contribution in [-0.2, 0) is 26.4 Å². The third kappa shape index (κ3) is 19.3. The van der Waals surface area contributed by atoms with E-state index in [2.05, 4.69) is 71.0 Å². The van der Waals surface area contributed by atoms with E-state index in [-0.39, 0.29) is 11.9 Å². The minimum absolute atomic E-state index is 0.256. The molecule has 4 unspecified atom stereocenters. The molecule has 0 aliphatic carbocycles. The maximum absolute atomic E-state index is 12.3. The Hall–Kier alpha value is -10.2. The smallest absolute Gasteiger partial charge is 0.316 e. The fourth-order valence-corrected chi connectivity index (χ4v) is 11.7. The Balaban J connectivity index is 0.000000174. The molecule has 534 valence electrons. The molecule has 4 N–H and O–H groups in total. The van der Waals surface area contributed by atoms with Crippen molar-refractivity contribution in [2.24, 2.45) is 10.8 Å². The van der Waals surface area contributed by atoms with Gasteiger partial charge in [0.1, 0.15) is 45.9 Å². The highest BCUT2D eigenvalue weighted by Crippen LogP contribution is 2.41. The van der Waals surface area contributed by atoms with Crippen LogP contribution in [0.1, 0.15) is 191 Å². The normalized spacial score (nSPS) is 12.9. The van der Waals surface area contributed by atoms with Crippen molar-refractivity contribution in [1.82, 2.24) is 0 Å². The highest BCUT2D eigenvalue weighted by atomic mass is 16.5. The first kappa shape index (κ1) is 78.5. The van der Waals surface area contributed by atoms with Crippen LogP contribution in [0.3, 0.4) is 0 Å². The minimum Gasteiger partial charge on any atom is -0.497 e. The van der Waals surface area contributed by atoms with Crippen LogP contribution in [-0.4, -0.2) is 46.6 Å². The van der Waals surface area contributed by atoms with E-state index in [0.29, 0.717) is 41.7 Å². The van der Waals surface area contributed by atoms with E-state index < -0.39 is 33.7 Å². The van der Waals surface area contributed by atoms with Crippen LogP contribution in [0, 0.1) is 17.8 Å². The number of hydrogen-bond donors (Lipinski definition) is 4. The first-order valence-corrected chi connectivity index (χ1v) is 35.7. The summed E-state index contributed by atoms with van der Waals surface area (Å²) < 4.78 is 21.3. The number of carbonyl (C=O) groups excluding carboxylic acids is 2. The molecular formula is C93H102O10. The largest absolute Gasteiger partial charge is 0.497 e. The molecule has 0 saturated carbocycles. The number of benzene rings is 11. The summed E-state index contributed by atoms with van der Waals surface area (Å²) in [5, 5.41) is 45.8. The lowest BCUT2D eigenvalue weighted by atomic mass is 9.79. The van der Waals surface area contributed by atoms with Crippen molar-refractivity contribution < 1.29 is 49.0 Å². The average molecular weight is 1380 g/mol. The van der Waals surface area contributed by atoms with Crippen molar-refractivity contribution in [2.45, 2.75) is 137 Å². The van der Waals surface area contributed by atoms with Crippen molar-refractivity contribution in [2.75, 3.05) is 14.2 Å². The number of esters is 2. The second-order valence-corrected chi connectivity index (χ2v) is 27.6. The van der Waals surface area contributed by atoms with Gasteiger partial charge in [0.15, 0.2) is 0 Å². The molecule has 0 saturated heterocycles. The van der Waals surface area contributed by atoms with Gasteiger partial charge in [0, 0.05) is 0 Å². The number of methoxy groups -OCH3 is 2. The fourth-order valence-electron chi connectivity index (χ4n) is 11.7. The van der Waals surface area contributed by atoms with E-state index in [9.17, 15) is 30.0 Å². The maximum Gasteiger partial charge on any atom is 0.316 e. The van der Waals surface area contributed by atoms with Gasteiger partial charge in [-0.25, -0.2) is 0 Å². The second kappa shape index (κ2) is 36.1. The SMILES string of the molecule is CCC(C)(C)C(=O)Oc1ccc(C(O)(c2ccccc2)c2ccccc2)cc1.CCC(C)(C)C(=O)Oc1ccc(C(O)c2ccc(OC)cc2)cc1.CCC(C)c1ccc(C(O)(c2ccc(C)cc2)c2ccc(OC)cc2)cc1.CCC(C)c1ccc(C(O)(c2ccccc2)c2ccccc2)cc1. The number of aliphatic hydroxyl groups excluding tert-OH is 1. The molecule has 0 aliphatic heterocycles. The molecule has 0 amide bonds. The van der Waals surface area contributed by atoms with Gasteiger partial charge in [-0.1, -0.05) is 290 Å². The van der Waals surface area contributed by atoms with Crippen LogP contribution in [0.15, 0.2) is 291 Å². The number of ether oxygens (including phenoxy) is 4. The number of aliphatic hydroxyl groups is 4. The zero-order chi connectivity index (χ0) is 74.4. The van der Waals surface area contributed by atoms with E-state index in [1.54, 1.807) is 50.6 Å².